The number of hydrogen-bond donors (Lipinski definition) is 1. The molecule has 0 spiro atoms. The van der Waals surface area contributed by atoms with Gasteiger partial charge in [0, 0.05) is 5.56 Å². The van der Waals surface area contributed by atoms with E-state index in [4.69, 9.17) is 5.11 Å². The van der Waals surface area contributed by atoms with Crippen LogP contribution < -0.4 is 0 Å². The van der Waals surface area contributed by atoms with Crippen molar-refractivity contribution in [2.75, 3.05) is 0 Å². The Hall–Kier alpha value is -2.23. The third-order valence-electron chi connectivity index (χ3n) is 2.97. The molecule has 1 N–H and O–H groups in total. The van der Waals surface area contributed by atoms with Crippen LogP contribution in [0.5, 0.6) is 0 Å². The van der Waals surface area contributed by atoms with Crippen molar-refractivity contribution in [1.29, 1.82) is 0 Å². The fourth-order valence-electron chi connectivity index (χ4n) is 2.01. The number of halogens is 1. The minimum atomic E-state index is -0.974. The highest BCUT2D eigenvalue weighted by atomic mass is 19.1. The summed E-state index contributed by atoms with van der Waals surface area (Å²) in [6.45, 7) is 3.66. The maximum Gasteiger partial charge on any atom is 0.337 e. The molecule has 2 rings (SSSR count). The fourth-order valence-corrected chi connectivity index (χ4v) is 2.01. The second kappa shape index (κ2) is 5.18. The van der Waals surface area contributed by atoms with Crippen LogP contribution in [-0.2, 0) is 6.42 Å². The van der Waals surface area contributed by atoms with Crippen molar-refractivity contribution in [2.24, 2.45) is 0 Å². The second-order valence-corrected chi connectivity index (χ2v) is 4.31. The lowest BCUT2D eigenvalue weighted by atomic mass is 10.0. The normalized spacial score (nSPS) is 10.5. The molecule has 0 saturated heterocycles. The molecule has 98 valence electrons. The molecule has 0 radical (unpaired) electrons. The van der Waals surface area contributed by atoms with E-state index in [1.807, 2.05) is 6.92 Å². The maximum atomic E-state index is 12.9. The Labute approximate surface area is 110 Å². The summed E-state index contributed by atoms with van der Waals surface area (Å²) in [6.07, 6.45) is 0.538. The van der Waals surface area contributed by atoms with Gasteiger partial charge in [0.15, 0.2) is 0 Å². The molecule has 19 heavy (non-hydrogen) atoms. The van der Waals surface area contributed by atoms with Gasteiger partial charge < -0.3 is 5.11 Å². The van der Waals surface area contributed by atoms with Crippen LogP contribution in [0.4, 0.5) is 4.39 Å². The molecule has 0 bridgehead atoms. The van der Waals surface area contributed by atoms with E-state index < -0.39 is 5.97 Å². The van der Waals surface area contributed by atoms with Crippen molar-refractivity contribution in [3.05, 3.63) is 53.0 Å². The molecule has 0 saturated carbocycles. The minimum absolute atomic E-state index is 0.228. The van der Waals surface area contributed by atoms with Crippen LogP contribution in [-0.4, -0.2) is 16.1 Å². The number of carboxylic acid groups (broad SMARTS) is 1. The first-order valence-corrected chi connectivity index (χ1v) is 6.02. The maximum absolute atomic E-state index is 12.9. The van der Waals surface area contributed by atoms with E-state index in [1.54, 1.807) is 25.1 Å². The molecule has 0 amide bonds. The molecule has 1 heterocycles. The van der Waals surface area contributed by atoms with Crippen molar-refractivity contribution >= 4 is 5.97 Å². The van der Waals surface area contributed by atoms with Gasteiger partial charge in [0.2, 0.25) is 0 Å². The number of aromatic nitrogens is 1. The van der Waals surface area contributed by atoms with Crippen LogP contribution >= 0.6 is 0 Å². The van der Waals surface area contributed by atoms with Crippen LogP contribution in [0, 0.1) is 12.7 Å². The Morgan fingerprint density at radius 2 is 1.95 bits per heavy atom. The average molecular weight is 259 g/mol. The average Bonchev–Trinajstić information content (AvgIpc) is 2.39. The lowest BCUT2D eigenvalue weighted by Gasteiger charge is -2.10. The first-order valence-electron chi connectivity index (χ1n) is 6.02. The molecule has 0 unspecified atom stereocenters. The fraction of sp³-hybridized carbons (Fsp3) is 0.200. The van der Waals surface area contributed by atoms with E-state index >= 15 is 0 Å². The number of benzene rings is 1. The van der Waals surface area contributed by atoms with Crippen molar-refractivity contribution in [3.8, 4) is 11.3 Å². The second-order valence-electron chi connectivity index (χ2n) is 4.31. The zero-order valence-electron chi connectivity index (χ0n) is 10.8. The molecule has 0 aliphatic carbocycles. The number of carbonyl (C=O) groups is 1. The molecular weight excluding hydrogens is 245 g/mol. The summed E-state index contributed by atoms with van der Waals surface area (Å²) in [5.41, 5.74) is 3.01. The minimum Gasteiger partial charge on any atom is -0.478 e. The van der Waals surface area contributed by atoms with Gasteiger partial charge in [-0.15, -0.1) is 0 Å². The Kier molecular flexibility index (Phi) is 3.60. The van der Waals surface area contributed by atoms with Gasteiger partial charge in [-0.1, -0.05) is 6.92 Å². The Bertz CT molecular complexity index is 621. The van der Waals surface area contributed by atoms with Gasteiger partial charge in [-0.3, -0.25) is 4.98 Å². The highest BCUT2D eigenvalue weighted by Gasteiger charge is 2.14. The van der Waals surface area contributed by atoms with Crippen LogP contribution in [0.25, 0.3) is 11.3 Å². The van der Waals surface area contributed by atoms with E-state index in [9.17, 15) is 9.18 Å². The molecule has 1 aromatic heterocycles. The van der Waals surface area contributed by atoms with Crippen molar-refractivity contribution < 1.29 is 14.3 Å². The zero-order chi connectivity index (χ0) is 14.0. The largest absolute Gasteiger partial charge is 0.478 e. The summed E-state index contributed by atoms with van der Waals surface area (Å²) in [5, 5.41) is 9.13. The number of pyridine rings is 1. The number of carboxylic acids is 1. The summed E-state index contributed by atoms with van der Waals surface area (Å²) < 4.78 is 12.9. The van der Waals surface area contributed by atoms with Gasteiger partial charge in [-0.2, -0.15) is 0 Å². The number of aryl methyl sites for hydroxylation is 2. The molecule has 0 aliphatic heterocycles. The van der Waals surface area contributed by atoms with Crippen LogP contribution in [0.2, 0.25) is 0 Å². The SMILES string of the molecule is CCc1nc(-c2ccc(F)cc2)c(C)cc1C(=O)O. The summed E-state index contributed by atoms with van der Waals surface area (Å²) in [4.78, 5) is 15.5. The van der Waals surface area contributed by atoms with E-state index in [0.29, 0.717) is 17.8 Å². The van der Waals surface area contributed by atoms with Crippen molar-refractivity contribution in [3.63, 3.8) is 0 Å². The first-order chi connectivity index (χ1) is 9.02. The van der Waals surface area contributed by atoms with Gasteiger partial charge in [0.25, 0.3) is 0 Å². The smallest absolute Gasteiger partial charge is 0.337 e. The topological polar surface area (TPSA) is 50.2 Å². The van der Waals surface area contributed by atoms with Crippen LogP contribution in [0.3, 0.4) is 0 Å². The molecular formula is C15H14FNO2. The summed E-state index contributed by atoms with van der Waals surface area (Å²) >= 11 is 0. The van der Waals surface area contributed by atoms with Crippen molar-refractivity contribution in [1.82, 2.24) is 4.98 Å². The lowest BCUT2D eigenvalue weighted by Crippen LogP contribution is -2.06. The number of rotatable bonds is 3. The Morgan fingerprint density at radius 1 is 1.32 bits per heavy atom. The van der Waals surface area contributed by atoms with Gasteiger partial charge in [0.05, 0.1) is 17.0 Å². The van der Waals surface area contributed by atoms with E-state index in [0.717, 1.165) is 11.1 Å². The zero-order valence-corrected chi connectivity index (χ0v) is 10.8. The predicted molar refractivity (Wildman–Crippen MR) is 70.7 cm³/mol. The van der Waals surface area contributed by atoms with Gasteiger partial charge in [-0.25, -0.2) is 9.18 Å². The lowest BCUT2D eigenvalue weighted by molar-refractivity contribution is 0.0695. The molecule has 0 atom stereocenters. The molecule has 0 fully saturated rings. The summed E-state index contributed by atoms with van der Waals surface area (Å²) in [7, 11) is 0. The number of nitrogens with zero attached hydrogens (tertiary/aromatic N) is 1. The number of hydrogen-bond acceptors (Lipinski definition) is 2. The standard InChI is InChI=1S/C15H14FNO2/c1-3-13-12(15(18)19)8-9(2)14(17-13)10-4-6-11(16)7-5-10/h4-8H,3H2,1-2H3,(H,18,19). The number of aromatic carboxylic acids is 1. The van der Waals surface area contributed by atoms with Crippen molar-refractivity contribution in [2.45, 2.75) is 20.3 Å². The highest BCUT2D eigenvalue weighted by molar-refractivity contribution is 5.89. The van der Waals surface area contributed by atoms with Gasteiger partial charge in [-0.05, 0) is 49.2 Å². The predicted octanol–water partition coefficient (Wildman–Crippen LogP) is 3.46. The molecule has 4 heteroatoms. The monoisotopic (exact) mass is 259 g/mol. The highest BCUT2D eigenvalue weighted by Crippen LogP contribution is 2.24. The Morgan fingerprint density at radius 3 is 2.47 bits per heavy atom. The van der Waals surface area contributed by atoms with Gasteiger partial charge in [0.1, 0.15) is 5.82 Å². The molecule has 2 aromatic rings. The molecule has 3 nitrogen and oxygen atoms in total. The summed E-state index contributed by atoms with van der Waals surface area (Å²) in [5.74, 6) is -1.28. The van der Waals surface area contributed by atoms with E-state index in [2.05, 4.69) is 4.98 Å². The van der Waals surface area contributed by atoms with Crippen LogP contribution in [0.1, 0.15) is 28.5 Å². The third-order valence-corrected chi connectivity index (χ3v) is 2.97. The van der Waals surface area contributed by atoms with Gasteiger partial charge >= 0.3 is 5.97 Å². The first kappa shape index (κ1) is 13.2. The Balaban J connectivity index is 2.58. The third kappa shape index (κ3) is 2.62. The van der Waals surface area contributed by atoms with E-state index in [1.165, 1.54) is 12.1 Å². The summed E-state index contributed by atoms with van der Waals surface area (Å²) in [6, 6.07) is 7.64. The molecule has 1 aromatic carbocycles. The quantitative estimate of drug-likeness (QED) is 0.918. The van der Waals surface area contributed by atoms with E-state index in [-0.39, 0.29) is 11.4 Å². The van der Waals surface area contributed by atoms with Crippen LogP contribution in [0.15, 0.2) is 30.3 Å². The molecule has 0 aliphatic rings.